The maximum absolute atomic E-state index is 6.03. The van der Waals surface area contributed by atoms with Crippen molar-refractivity contribution in [3.8, 4) is 11.5 Å². The fourth-order valence-electron chi connectivity index (χ4n) is 1.97. The Hall–Kier alpha value is -0.780. The van der Waals surface area contributed by atoms with Gasteiger partial charge in [0.2, 0.25) is 0 Å². The SMILES string of the molecule is CCOc1cc(CC(N)CC)cc(Br)c1OCCCOC. The van der Waals surface area contributed by atoms with Gasteiger partial charge in [-0.15, -0.1) is 0 Å². The average molecular weight is 360 g/mol. The molecule has 1 aromatic rings. The van der Waals surface area contributed by atoms with Crippen LogP contribution < -0.4 is 15.2 Å². The van der Waals surface area contributed by atoms with E-state index in [-0.39, 0.29) is 6.04 Å². The van der Waals surface area contributed by atoms with Crippen molar-refractivity contribution in [2.45, 2.75) is 39.2 Å². The van der Waals surface area contributed by atoms with Crippen LogP contribution in [-0.4, -0.2) is 33.0 Å². The van der Waals surface area contributed by atoms with Crippen molar-refractivity contribution in [2.75, 3.05) is 26.9 Å². The molecule has 4 nitrogen and oxygen atoms in total. The quantitative estimate of drug-likeness (QED) is 0.649. The molecule has 0 amide bonds. The average Bonchev–Trinajstić information content (AvgIpc) is 2.46. The second-order valence-electron chi connectivity index (χ2n) is 4.91. The van der Waals surface area contributed by atoms with Crippen LogP contribution >= 0.6 is 15.9 Å². The summed E-state index contributed by atoms with van der Waals surface area (Å²) in [5.41, 5.74) is 7.19. The molecule has 0 saturated heterocycles. The second-order valence-corrected chi connectivity index (χ2v) is 5.76. The Labute approximate surface area is 136 Å². The molecule has 0 aliphatic rings. The zero-order valence-electron chi connectivity index (χ0n) is 13.2. The third kappa shape index (κ3) is 6.24. The highest BCUT2D eigenvalue weighted by atomic mass is 79.9. The smallest absolute Gasteiger partial charge is 0.175 e. The van der Waals surface area contributed by atoms with E-state index in [1.165, 1.54) is 0 Å². The molecule has 5 heteroatoms. The number of rotatable bonds is 10. The standard InChI is InChI=1S/C16H26BrNO3/c1-4-13(18)9-12-10-14(17)16(15(11-12)20-5-2)21-8-6-7-19-3/h10-11,13H,4-9,18H2,1-3H3. The first-order valence-corrected chi connectivity index (χ1v) is 8.24. The minimum absolute atomic E-state index is 0.167. The topological polar surface area (TPSA) is 53.7 Å². The molecule has 0 spiro atoms. The number of halogens is 1. The first kappa shape index (κ1) is 18.3. The maximum atomic E-state index is 6.03. The molecule has 120 valence electrons. The molecule has 1 unspecified atom stereocenters. The Morgan fingerprint density at radius 1 is 1.19 bits per heavy atom. The van der Waals surface area contributed by atoms with Gasteiger partial charge >= 0.3 is 0 Å². The normalized spacial score (nSPS) is 12.2. The molecule has 1 rings (SSSR count). The van der Waals surface area contributed by atoms with Crippen molar-refractivity contribution in [3.05, 3.63) is 22.2 Å². The van der Waals surface area contributed by atoms with Crippen molar-refractivity contribution in [1.29, 1.82) is 0 Å². The van der Waals surface area contributed by atoms with Gasteiger partial charge in [-0.2, -0.15) is 0 Å². The maximum Gasteiger partial charge on any atom is 0.175 e. The lowest BCUT2D eigenvalue weighted by atomic mass is 10.0. The Morgan fingerprint density at radius 3 is 2.57 bits per heavy atom. The first-order chi connectivity index (χ1) is 10.1. The highest BCUT2D eigenvalue weighted by Crippen LogP contribution is 2.37. The molecule has 0 aromatic heterocycles. The van der Waals surface area contributed by atoms with E-state index < -0.39 is 0 Å². The van der Waals surface area contributed by atoms with Crippen LogP contribution in [0.5, 0.6) is 11.5 Å². The first-order valence-electron chi connectivity index (χ1n) is 7.44. The van der Waals surface area contributed by atoms with Crippen LogP contribution in [0.1, 0.15) is 32.3 Å². The Kier molecular flexibility index (Phi) is 8.73. The van der Waals surface area contributed by atoms with Crippen molar-refractivity contribution >= 4 is 15.9 Å². The highest BCUT2D eigenvalue weighted by molar-refractivity contribution is 9.10. The fraction of sp³-hybridized carbons (Fsp3) is 0.625. The van der Waals surface area contributed by atoms with Gasteiger partial charge in [0.15, 0.2) is 11.5 Å². The minimum Gasteiger partial charge on any atom is -0.490 e. The van der Waals surface area contributed by atoms with Crippen molar-refractivity contribution in [1.82, 2.24) is 0 Å². The van der Waals surface area contributed by atoms with E-state index in [9.17, 15) is 0 Å². The molecular formula is C16H26BrNO3. The summed E-state index contributed by atoms with van der Waals surface area (Å²) in [7, 11) is 1.69. The van der Waals surface area contributed by atoms with Gasteiger partial charge in [0.05, 0.1) is 17.7 Å². The molecule has 1 atom stereocenters. The van der Waals surface area contributed by atoms with Gasteiger partial charge in [0.25, 0.3) is 0 Å². The molecule has 0 heterocycles. The van der Waals surface area contributed by atoms with Crippen LogP contribution in [0.15, 0.2) is 16.6 Å². The Bertz CT molecular complexity index is 426. The molecule has 0 fully saturated rings. The lowest BCUT2D eigenvalue weighted by Crippen LogP contribution is -2.21. The van der Waals surface area contributed by atoms with E-state index in [0.717, 1.165) is 40.8 Å². The molecule has 2 N–H and O–H groups in total. The van der Waals surface area contributed by atoms with E-state index >= 15 is 0 Å². The number of benzene rings is 1. The molecule has 0 aliphatic heterocycles. The second kappa shape index (κ2) is 10.0. The zero-order valence-corrected chi connectivity index (χ0v) is 14.7. The number of ether oxygens (including phenoxy) is 3. The largest absolute Gasteiger partial charge is 0.490 e. The van der Waals surface area contributed by atoms with E-state index in [1.54, 1.807) is 7.11 Å². The third-order valence-corrected chi connectivity index (χ3v) is 3.72. The van der Waals surface area contributed by atoms with E-state index in [1.807, 2.05) is 13.0 Å². The molecular weight excluding hydrogens is 334 g/mol. The van der Waals surface area contributed by atoms with E-state index in [4.69, 9.17) is 19.9 Å². The van der Waals surface area contributed by atoms with Gasteiger partial charge in [-0.25, -0.2) is 0 Å². The minimum atomic E-state index is 0.167. The van der Waals surface area contributed by atoms with Crippen LogP contribution in [-0.2, 0) is 11.2 Å². The van der Waals surface area contributed by atoms with Gasteiger partial charge in [-0.3, -0.25) is 0 Å². The predicted octanol–water partition coefficient (Wildman–Crippen LogP) is 3.54. The molecule has 0 aliphatic carbocycles. The van der Waals surface area contributed by atoms with Crippen LogP contribution in [0.4, 0.5) is 0 Å². The van der Waals surface area contributed by atoms with Gasteiger partial charge in [0, 0.05) is 26.2 Å². The van der Waals surface area contributed by atoms with Crippen LogP contribution in [0, 0.1) is 0 Å². The van der Waals surface area contributed by atoms with E-state index in [0.29, 0.717) is 19.8 Å². The predicted molar refractivity (Wildman–Crippen MR) is 89.3 cm³/mol. The Balaban J connectivity index is 2.85. The van der Waals surface area contributed by atoms with Crippen molar-refractivity contribution in [2.24, 2.45) is 5.73 Å². The lowest BCUT2D eigenvalue weighted by molar-refractivity contribution is 0.169. The summed E-state index contributed by atoms with van der Waals surface area (Å²) in [4.78, 5) is 0. The highest BCUT2D eigenvalue weighted by Gasteiger charge is 2.13. The Morgan fingerprint density at radius 2 is 1.95 bits per heavy atom. The zero-order chi connectivity index (χ0) is 15.7. The summed E-state index contributed by atoms with van der Waals surface area (Å²) in [6.07, 6.45) is 2.63. The van der Waals surface area contributed by atoms with Crippen LogP contribution in [0.2, 0.25) is 0 Å². The van der Waals surface area contributed by atoms with Crippen LogP contribution in [0.25, 0.3) is 0 Å². The summed E-state index contributed by atoms with van der Waals surface area (Å²) >= 11 is 3.57. The monoisotopic (exact) mass is 359 g/mol. The van der Waals surface area contributed by atoms with Crippen LogP contribution in [0.3, 0.4) is 0 Å². The van der Waals surface area contributed by atoms with Gasteiger partial charge in [-0.1, -0.05) is 6.92 Å². The van der Waals surface area contributed by atoms with Gasteiger partial charge in [0.1, 0.15) is 0 Å². The number of methoxy groups -OCH3 is 1. The number of nitrogens with two attached hydrogens (primary N) is 1. The van der Waals surface area contributed by atoms with E-state index in [2.05, 4.69) is 28.9 Å². The van der Waals surface area contributed by atoms with Crippen molar-refractivity contribution in [3.63, 3.8) is 0 Å². The molecule has 0 radical (unpaired) electrons. The number of hydrogen-bond donors (Lipinski definition) is 1. The summed E-state index contributed by atoms with van der Waals surface area (Å²) < 4.78 is 17.5. The lowest BCUT2D eigenvalue weighted by Gasteiger charge is -2.16. The summed E-state index contributed by atoms with van der Waals surface area (Å²) in [6, 6.07) is 4.25. The molecule has 1 aromatic carbocycles. The van der Waals surface area contributed by atoms with Gasteiger partial charge in [-0.05, 0) is 53.4 Å². The number of hydrogen-bond acceptors (Lipinski definition) is 4. The summed E-state index contributed by atoms with van der Waals surface area (Å²) in [5.74, 6) is 1.52. The summed E-state index contributed by atoms with van der Waals surface area (Å²) in [5, 5.41) is 0. The van der Waals surface area contributed by atoms with Gasteiger partial charge < -0.3 is 19.9 Å². The fourth-order valence-corrected chi connectivity index (χ4v) is 2.57. The molecule has 0 bridgehead atoms. The molecule has 21 heavy (non-hydrogen) atoms. The molecule has 0 saturated carbocycles. The van der Waals surface area contributed by atoms with Crippen molar-refractivity contribution < 1.29 is 14.2 Å². The summed E-state index contributed by atoms with van der Waals surface area (Å²) in [6.45, 7) is 5.94. The third-order valence-electron chi connectivity index (χ3n) is 3.13.